The number of halogens is 1. The molecule has 0 N–H and O–H groups in total. The van der Waals surface area contributed by atoms with E-state index in [1.54, 1.807) is 11.3 Å². The van der Waals surface area contributed by atoms with Crippen LogP contribution in [0.2, 0.25) is 0 Å². The summed E-state index contributed by atoms with van der Waals surface area (Å²) < 4.78 is 0. The molecule has 16 heavy (non-hydrogen) atoms. The maximum Gasteiger partial charge on any atom is 0.142 e. The first-order valence-corrected chi connectivity index (χ1v) is 6.65. The third kappa shape index (κ3) is 2.60. The lowest BCUT2D eigenvalue weighted by Crippen LogP contribution is -1.89. The maximum atomic E-state index is 5.66. The minimum absolute atomic E-state index is 0.690. The summed E-state index contributed by atoms with van der Waals surface area (Å²) in [7, 11) is 0. The van der Waals surface area contributed by atoms with E-state index in [1.807, 2.05) is 12.3 Å². The monoisotopic (exact) mass is 252 g/mol. The number of hydrogen-bond donors (Lipinski definition) is 0. The highest BCUT2D eigenvalue weighted by atomic mass is 35.5. The number of nitrogens with zero attached hydrogens (tertiary/aromatic N) is 2. The first-order valence-electron chi connectivity index (χ1n) is 5.23. The van der Waals surface area contributed by atoms with Crippen molar-refractivity contribution in [3.05, 3.63) is 35.0 Å². The van der Waals surface area contributed by atoms with E-state index >= 15 is 0 Å². The van der Waals surface area contributed by atoms with Gasteiger partial charge >= 0.3 is 0 Å². The van der Waals surface area contributed by atoms with Gasteiger partial charge in [0, 0.05) is 17.5 Å². The lowest BCUT2D eigenvalue weighted by molar-refractivity contribution is 0.899. The second-order valence-electron chi connectivity index (χ2n) is 3.61. The molecule has 2 nitrogen and oxygen atoms in total. The van der Waals surface area contributed by atoms with Gasteiger partial charge in [-0.2, -0.15) is 0 Å². The molecule has 0 saturated carbocycles. The zero-order chi connectivity index (χ0) is 11.4. The van der Waals surface area contributed by atoms with Crippen molar-refractivity contribution in [1.82, 2.24) is 9.97 Å². The van der Waals surface area contributed by atoms with E-state index in [9.17, 15) is 0 Å². The van der Waals surface area contributed by atoms with Crippen molar-refractivity contribution in [3.8, 4) is 10.7 Å². The van der Waals surface area contributed by atoms with Crippen molar-refractivity contribution >= 4 is 22.9 Å². The SMILES string of the molecule is Cc1cccnc1-c1nc(CCCCl)cs1. The summed E-state index contributed by atoms with van der Waals surface area (Å²) in [5.41, 5.74) is 3.27. The molecule has 0 spiro atoms. The highest BCUT2D eigenvalue weighted by Crippen LogP contribution is 2.24. The summed E-state index contributed by atoms with van der Waals surface area (Å²) in [6.07, 6.45) is 3.74. The van der Waals surface area contributed by atoms with E-state index in [1.165, 1.54) is 5.56 Å². The summed E-state index contributed by atoms with van der Waals surface area (Å²) in [5, 5.41) is 3.10. The van der Waals surface area contributed by atoms with Crippen LogP contribution >= 0.6 is 22.9 Å². The fourth-order valence-electron chi connectivity index (χ4n) is 1.49. The largest absolute Gasteiger partial charge is 0.253 e. The van der Waals surface area contributed by atoms with Gasteiger partial charge in [-0.25, -0.2) is 4.98 Å². The van der Waals surface area contributed by atoms with E-state index in [0.717, 1.165) is 29.2 Å². The Morgan fingerprint density at radius 2 is 2.31 bits per heavy atom. The Labute approximate surface area is 104 Å². The number of rotatable bonds is 4. The number of aryl methyl sites for hydroxylation is 2. The molecule has 0 unspecified atom stereocenters. The Kier molecular flexibility index (Phi) is 3.91. The molecule has 0 saturated heterocycles. The molecular formula is C12H13ClN2S. The zero-order valence-electron chi connectivity index (χ0n) is 9.11. The van der Waals surface area contributed by atoms with Crippen molar-refractivity contribution in [2.75, 3.05) is 5.88 Å². The van der Waals surface area contributed by atoms with E-state index in [2.05, 4.69) is 28.3 Å². The molecule has 2 aromatic heterocycles. The quantitative estimate of drug-likeness (QED) is 0.776. The highest BCUT2D eigenvalue weighted by molar-refractivity contribution is 7.13. The van der Waals surface area contributed by atoms with Gasteiger partial charge in [0.05, 0.1) is 5.69 Å². The molecular weight excluding hydrogens is 240 g/mol. The molecule has 0 fully saturated rings. The molecule has 0 amide bonds. The van der Waals surface area contributed by atoms with Gasteiger partial charge in [0.25, 0.3) is 0 Å². The van der Waals surface area contributed by atoms with Crippen LogP contribution in [0.5, 0.6) is 0 Å². The number of pyridine rings is 1. The topological polar surface area (TPSA) is 25.8 Å². The molecule has 0 aliphatic rings. The molecule has 0 aliphatic carbocycles. The molecule has 2 aromatic rings. The second-order valence-corrected chi connectivity index (χ2v) is 4.84. The highest BCUT2D eigenvalue weighted by Gasteiger charge is 2.07. The normalized spacial score (nSPS) is 10.6. The van der Waals surface area contributed by atoms with Crippen LogP contribution in [-0.2, 0) is 6.42 Å². The Balaban J connectivity index is 2.22. The summed E-state index contributed by atoms with van der Waals surface area (Å²) >= 11 is 7.31. The molecule has 0 atom stereocenters. The zero-order valence-corrected chi connectivity index (χ0v) is 10.7. The average Bonchev–Trinajstić information content (AvgIpc) is 2.75. The summed E-state index contributed by atoms with van der Waals surface area (Å²) in [6.45, 7) is 2.06. The molecule has 2 heterocycles. The minimum atomic E-state index is 0.690. The molecule has 0 aliphatic heterocycles. The Hall–Kier alpha value is -0.930. The molecule has 0 aromatic carbocycles. The van der Waals surface area contributed by atoms with Crippen LogP contribution in [0.4, 0.5) is 0 Å². The van der Waals surface area contributed by atoms with Crippen LogP contribution in [-0.4, -0.2) is 15.8 Å². The molecule has 84 valence electrons. The van der Waals surface area contributed by atoms with Crippen molar-refractivity contribution in [2.45, 2.75) is 19.8 Å². The second kappa shape index (κ2) is 5.41. The fraction of sp³-hybridized carbons (Fsp3) is 0.333. The lowest BCUT2D eigenvalue weighted by Gasteiger charge is -1.99. The van der Waals surface area contributed by atoms with Gasteiger partial charge in [0.1, 0.15) is 10.7 Å². The Bertz CT molecular complexity index is 468. The first-order chi connectivity index (χ1) is 7.81. The van der Waals surface area contributed by atoms with E-state index < -0.39 is 0 Å². The molecule has 0 bridgehead atoms. The van der Waals surface area contributed by atoms with Crippen LogP contribution in [0.3, 0.4) is 0 Å². The van der Waals surface area contributed by atoms with Gasteiger partial charge in [-0.1, -0.05) is 6.07 Å². The molecule has 2 rings (SSSR count). The van der Waals surface area contributed by atoms with Crippen LogP contribution in [0.15, 0.2) is 23.7 Å². The minimum Gasteiger partial charge on any atom is -0.253 e. The summed E-state index contributed by atoms with van der Waals surface area (Å²) in [6, 6.07) is 4.00. The average molecular weight is 253 g/mol. The number of thiazole rings is 1. The van der Waals surface area contributed by atoms with Crippen LogP contribution in [0.25, 0.3) is 10.7 Å². The number of aromatic nitrogens is 2. The van der Waals surface area contributed by atoms with Crippen LogP contribution in [0.1, 0.15) is 17.7 Å². The van der Waals surface area contributed by atoms with Gasteiger partial charge in [0.2, 0.25) is 0 Å². The Morgan fingerprint density at radius 1 is 1.44 bits per heavy atom. The van der Waals surface area contributed by atoms with Crippen molar-refractivity contribution < 1.29 is 0 Å². The number of hydrogen-bond acceptors (Lipinski definition) is 3. The van der Waals surface area contributed by atoms with Crippen LogP contribution in [0, 0.1) is 6.92 Å². The number of alkyl halides is 1. The summed E-state index contributed by atoms with van der Waals surface area (Å²) in [5.74, 6) is 0.690. The molecule has 0 radical (unpaired) electrons. The van der Waals surface area contributed by atoms with Gasteiger partial charge < -0.3 is 0 Å². The van der Waals surface area contributed by atoms with Gasteiger partial charge in [-0.15, -0.1) is 22.9 Å². The fourth-order valence-corrected chi connectivity index (χ4v) is 2.54. The Morgan fingerprint density at radius 3 is 3.06 bits per heavy atom. The summed E-state index contributed by atoms with van der Waals surface area (Å²) in [4.78, 5) is 8.94. The van der Waals surface area contributed by atoms with Gasteiger partial charge in [0.15, 0.2) is 0 Å². The first kappa shape index (κ1) is 11.6. The third-order valence-electron chi connectivity index (χ3n) is 2.33. The van der Waals surface area contributed by atoms with E-state index in [4.69, 9.17) is 11.6 Å². The van der Waals surface area contributed by atoms with Gasteiger partial charge in [-0.3, -0.25) is 4.98 Å². The van der Waals surface area contributed by atoms with E-state index in [-0.39, 0.29) is 0 Å². The van der Waals surface area contributed by atoms with Crippen molar-refractivity contribution in [1.29, 1.82) is 0 Å². The lowest BCUT2D eigenvalue weighted by atomic mass is 10.2. The van der Waals surface area contributed by atoms with Gasteiger partial charge in [-0.05, 0) is 31.4 Å². The van der Waals surface area contributed by atoms with Crippen molar-refractivity contribution in [3.63, 3.8) is 0 Å². The predicted molar refractivity (Wildman–Crippen MR) is 69.1 cm³/mol. The smallest absolute Gasteiger partial charge is 0.142 e. The van der Waals surface area contributed by atoms with Crippen LogP contribution < -0.4 is 0 Å². The van der Waals surface area contributed by atoms with E-state index in [0.29, 0.717) is 5.88 Å². The third-order valence-corrected chi connectivity index (χ3v) is 3.50. The molecule has 4 heteroatoms. The van der Waals surface area contributed by atoms with Crippen molar-refractivity contribution in [2.24, 2.45) is 0 Å². The predicted octanol–water partition coefficient (Wildman–Crippen LogP) is 3.68. The standard InChI is InChI=1S/C12H13ClN2S/c1-9-4-3-7-14-11(9)12-15-10(8-16-12)5-2-6-13/h3-4,7-8H,2,5-6H2,1H3. The maximum absolute atomic E-state index is 5.66.